The van der Waals surface area contributed by atoms with Crippen LogP contribution in [0.4, 0.5) is 0 Å². The molecule has 0 aliphatic carbocycles. The van der Waals surface area contributed by atoms with Crippen LogP contribution in [-0.2, 0) is 21.4 Å². The maximum atomic E-state index is 13.3. The Morgan fingerprint density at radius 2 is 1.66 bits per heavy atom. The maximum Gasteiger partial charge on any atom is 0.292 e. The van der Waals surface area contributed by atoms with Gasteiger partial charge in [-0.2, -0.15) is 5.10 Å². The minimum atomic E-state index is -4.10. The van der Waals surface area contributed by atoms with Gasteiger partial charge in [0, 0.05) is 10.6 Å². The largest absolute Gasteiger partial charge is 0.505 e. The van der Waals surface area contributed by atoms with E-state index < -0.39 is 27.4 Å². The summed E-state index contributed by atoms with van der Waals surface area (Å²) in [6, 6.07) is 21.6. The van der Waals surface area contributed by atoms with E-state index in [1.807, 2.05) is 0 Å². The summed E-state index contributed by atoms with van der Waals surface area (Å²) in [6.07, 6.45) is 1.39. The molecule has 0 spiro atoms. The fourth-order valence-electron chi connectivity index (χ4n) is 3.27. The number of amides is 1. The van der Waals surface area contributed by atoms with Crippen LogP contribution in [0.15, 0.2) is 94.6 Å². The second-order valence-corrected chi connectivity index (χ2v) is 9.21. The number of carbonyl (C=O) groups excluding carboxylic acids is 1. The Morgan fingerprint density at radius 3 is 2.38 bits per heavy atom. The van der Waals surface area contributed by atoms with E-state index >= 15 is 0 Å². The average molecular weight is 468 g/mol. The van der Waals surface area contributed by atoms with Crippen LogP contribution in [0.1, 0.15) is 16.7 Å². The molecule has 0 aromatic heterocycles. The standard InChI is InChI=1S/C23H18ClN3O4S/c24-18-12-10-16(11-13-18)14-25-26-23(29)21-22(28)19-8-4-5-9-20(19)32(30,31)27(21)15-17-6-2-1-3-7-17/h1-14,28H,15H2,(H,26,29)/b25-14+. The van der Waals surface area contributed by atoms with Crippen molar-refractivity contribution in [1.29, 1.82) is 0 Å². The number of hydrogen-bond donors (Lipinski definition) is 2. The van der Waals surface area contributed by atoms with Crippen LogP contribution < -0.4 is 5.43 Å². The van der Waals surface area contributed by atoms with E-state index in [9.17, 15) is 18.3 Å². The number of aliphatic hydroxyl groups excluding tert-OH is 1. The first-order chi connectivity index (χ1) is 15.4. The maximum absolute atomic E-state index is 13.3. The van der Waals surface area contributed by atoms with E-state index in [1.165, 1.54) is 18.3 Å². The lowest BCUT2D eigenvalue weighted by atomic mass is 10.1. The number of benzene rings is 3. The van der Waals surface area contributed by atoms with Gasteiger partial charge in [-0.1, -0.05) is 66.2 Å². The van der Waals surface area contributed by atoms with Crippen molar-refractivity contribution >= 4 is 39.5 Å². The zero-order chi connectivity index (χ0) is 22.7. The number of nitrogens with one attached hydrogen (secondary N) is 1. The van der Waals surface area contributed by atoms with Crippen molar-refractivity contribution in [1.82, 2.24) is 9.73 Å². The van der Waals surface area contributed by atoms with Gasteiger partial charge in [-0.3, -0.25) is 9.10 Å². The molecule has 0 saturated carbocycles. The predicted molar refractivity (Wildman–Crippen MR) is 122 cm³/mol. The Balaban J connectivity index is 1.71. The zero-order valence-corrected chi connectivity index (χ0v) is 18.2. The van der Waals surface area contributed by atoms with Gasteiger partial charge in [0.25, 0.3) is 15.9 Å². The molecule has 3 aromatic carbocycles. The van der Waals surface area contributed by atoms with Gasteiger partial charge in [0.05, 0.1) is 17.7 Å². The van der Waals surface area contributed by atoms with Crippen LogP contribution in [0.5, 0.6) is 0 Å². The smallest absolute Gasteiger partial charge is 0.292 e. The van der Waals surface area contributed by atoms with Gasteiger partial charge in [-0.05, 0) is 35.4 Å². The van der Waals surface area contributed by atoms with Gasteiger partial charge in [-0.15, -0.1) is 0 Å². The summed E-state index contributed by atoms with van der Waals surface area (Å²) < 4.78 is 27.6. The highest BCUT2D eigenvalue weighted by molar-refractivity contribution is 7.89. The molecule has 1 heterocycles. The first-order valence-corrected chi connectivity index (χ1v) is 11.4. The number of fused-ring (bicyclic) bond motifs is 1. The van der Waals surface area contributed by atoms with Crippen molar-refractivity contribution < 1.29 is 18.3 Å². The third-order valence-corrected chi connectivity index (χ3v) is 6.87. The summed E-state index contributed by atoms with van der Waals surface area (Å²) in [7, 11) is -4.10. The molecule has 7 nitrogen and oxygen atoms in total. The van der Waals surface area contributed by atoms with Gasteiger partial charge >= 0.3 is 0 Å². The molecular formula is C23H18ClN3O4S. The third kappa shape index (κ3) is 4.23. The summed E-state index contributed by atoms with van der Waals surface area (Å²) in [5.74, 6) is -1.30. The summed E-state index contributed by atoms with van der Waals surface area (Å²) in [5, 5.41) is 15.3. The summed E-state index contributed by atoms with van der Waals surface area (Å²) in [5.41, 5.74) is 3.29. The van der Waals surface area contributed by atoms with E-state index in [1.54, 1.807) is 66.7 Å². The molecule has 0 bridgehead atoms. The molecule has 0 fully saturated rings. The number of carbonyl (C=O) groups is 1. The van der Waals surface area contributed by atoms with Gasteiger partial charge in [0.2, 0.25) is 0 Å². The number of sulfonamides is 1. The Bertz CT molecular complexity index is 1320. The van der Waals surface area contributed by atoms with E-state index in [-0.39, 0.29) is 17.0 Å². The lowest BCUT2D eigenvalue weighted by Crippen LogP contribution is -2.40. The molecule has 1 aliphatic rings. The van der Waals surface area contributed by atoms with Gasteiger partial charge in [0.15, 0.2) is 11.5 Å². The molecular weight excluding hydrogens is 450 g/mol. The fourth-order valence-corrected chi connectivity index (χ4v) is 5.06. The Labute approximate surface area is 190 Å². The number of aliphatic hydroxyl groups is 1. The minimum Gasteiger partial charge on any atom is -0.505 e. The topological polar surface area (TPSA) is 99.1 Å². The highest BCUT2D eigenvalue weighted by Crippen LogP contribution is 2.36. The van der Waals surface area contributed by atoms with Crippen molar-refractivity contribution in [3.8, 4) is 0 Å². The van der Waals surface area contributed by atoms with Crippen molar-refractivity contribution in [3.63, 3.8) is 0 Å². The molecule has 1 aliphatic heterocycles. The van der Waals surface area contributed by atoms with Crippen LogP contribution in [0.2, 0.25) is 5.02 Å². The Morgan fingerprint density at radius 1 is 1.00 bits per heavy atom. The van der Waals surface area contributed by atoms with Gasteiger partial charge in [-0.25, -0.2) is 13.8 Å². The van der Waals surface area contributed by atoms with Crippen molar-refractivity contribution in [3.05, 3.63) is 106 Å². The third-order valence-electron chi connectivity index (χ3n) is 4.82. The number of nitrogens with zero attached hydrogens (tertiary/aromatic N) is 2. The number of rotatable bonds is 5. The summed E-state index contributed by atoms with van der Waals surface area (Å²) in [4.78, 5) is 12.9. The lowest BCUT2D eigenvalue weighted by molar-refractivity contribution is -0.118. The first-order valence-electron chi connectivity index (χ1n) is 9.56. The SMILES string of the molecule is O=C(N/N=C/c1ccc(Cl)cc1)C1=C(O)c2ccccc2S(=O)(=O)N1Cc1ccccc1. The van der Waals surface area contributed by atoms with Crippen LogP contribution in [0.25, 0.3) is 5.76 Å². The number of halogens is 1. The first kappa shape index (κ1) is 21.6. The highest BCUT2D eigenvalue weighted by Gasteiger charge is 2.40. The van der Waals surface area contributed by atoms with Crippen LogP contribution >= 0.6 is 11.6 Å². The van der Waals surface area contributed by atoms with Crippen LogP contribution in [0.3, 0.4) is 0 Å². The predicted octanol–water partition coefficient (Wildman–Crippen LogP) is 3.92. The molecule has 0 saturated heterocycles. The fraction of sp³-hybridized carbons (Fsp3) is 0.0435. The molecule has 0 radical (unpaired) electrons. The van der Waals surface area contributed by atoms with E-state index in [4.69, 9.17) is 11.6 Å². The number of hydrazone groups is 1. The number of hydrogen-bond acceptors (Lipinski definition) is 5. The average Bonchev–Trinajstić information content (AvgIpc) is 2.80. The van der Waals surface area contributed by atoms with Crippen LogP contribution in [0, 0.1) is 0 Å². The lowest BCUT2D eigenvalue weighted by Gasteiger charge is -2.31. The minimum absolute atomic E-state index is 0.0589. The van der Waals surface area contributed by atoms with E-state index in [2.05, 4.69) is 10.5 Å². The molecule has 32 heavy (non-hydrogen) atoms. The molecule has 9 heteroatoms. The highest BCUT2D eigenvalue weighted by atomic mass is 35.5. The molecule has 3 aromatic rings. The van der Waals surface area contributed by atoms with E-state index in [0.29, 0.717) is 16.1 Å². The van der Waals surface area contributed by atoms with E-state index in [0.717, 1.165) is 4.31 Å². The molecule has 4 rings (SSSR count). The molecule has 2 N–H and O–H groups in total. The normalized spacial score (nSPS) is 15.0. The Hall–Kier alpha value is -3.62. The summed E-state index contributed by atoms with van der Waals surface area (Å²) in [6.45, 7) is -0.134. The second kappa shape index (κ2) is 8.86. The van der Waals surface area contributed by atoms with Gasteiger partial charge < -0.3 is 5.11 Å². The summed E-state index contributed by atoms with van der Waals surface area (Å²) >= 11 is 5.85. The molecule has 0 unspecified atom stereocenters. The van der Waals surface area contributed by atoms with Crippen molar-refractivity contribution in [2.75, 3.05) is 0 Å². The monoisotopic (exact) mass is 467 g/mol. The van der Waals surface area contributed by atoms with Gasteiger partial charge in [0.1, 0.15) is 0 Å². The Kier molecular flexibility index (Phi) is 5.98. The second-order valence-electron chi connectivity index (χ2n) is 6.94. The van der Waals surface area contributed by atoms with Crippen molar-refractivity contribution in [2.45, 2.75) is 11.4 Å². The molecule has 0 atom stereocenters. The molecule has 162 valence electrons. The quantitative estimate of drug-likeness (QED) is 0.438. The molecule has 1 amide bonds. The van der Waals surface area contributed by atoms with Crippen LogP contribution in [-0.4, -0.2) is 30.0 Å². The zero-order valence-electron chi connectivity index (χ0n) is 16.6. The van der Waals surface area contributed by atoms with Crippen molar-refractivity contribution in [2.24, 2.45) is 5.10 Å².